The first-order valence-electron chi connectivity index (χ1n) is 9.48. The second kappa shape index (κ2) is 9.88. The molecule has 2 fully saturated rings. The topological polar surface area (TPSA) is 87.1 Å². The lowest BCUT2D eigenvalue weighted by Crippen LogP contribution is -2.14. The highest BCUT2D eigenvalue weighted by Gasteiger charge is 2.41. The average molecular weight is 350 g/mol. The summed E-state index contributed by atoms with van der Waals surface area (Å²) in [6.45, 7) is 2.18. The van der Waals surface area contributed by atoms with Crippen LogP contribution in [0.4, 0.5) is 0 Å². The molecule has 1 aliphatic carbocycles. The molecule has 0 bridgehead atoms. The van der Waals surface area contributed by atoms with Crippen LogP contribution in [-0.2, 0) is 14.3 Å². The Morgan fingerprint density at radius 3 is 2.80 bits per heavy atom. The predicted molar refractivity (Wildman–Crippen MR) is 95.3 cm³/mol. The minimum absolute atomic E-state index is 0.0108. The number of aliphatic hydroxyl groups excluding tert-OH is 1. The summed E-state index contributed by atoms with van der Waals surface area (Å²) in [7, 11) is 0. The molecule has 1 heterocycles. The zero-order chi connectivity index (χ0) is 18.2. The van der Waals surface area contributed by atoms with E-state index in [2.05, 4.69) is 19.1 Å². The van der Waals surface area contributed by atoms with Crippen molar-refractivity contribution in [1.29, 1.82) is 0 Å². The lowest BCUT2D eigenvalue weighted by Gasteiger charge is -2.12. The fourth-order valence-electron chi connectivity index (χ4n) is 3.40. The normalized spacial score (nSPS) is 30.5. The SMILES string of the molecule is CCCCC/C=C\C[C@@H]1/C(=C\[C@@H]2O[C@@H]2CCCC(=O)O)C(=O)C[C@H]1O. The minimum atomic E-state index is -0.796. The van der Waals surface area contributed by atoms with Gasteiger partial charge in [0.05, 0.1) is 12.2 Å². The molecule has 5 nitrogen and oxygen atoms in total. The average Bonchev–Trinajstić information content (AvgIpc) is 3.23. The molecule has 0 unspecified atom stereocenters. The van der Waals surface area contributed by atoms with Crippen LogP contribution in [0.1, 0.15) is 64.7 Å². The number of aliphatic hydroxyl groups is 1. The van der Waals surface area contributed by atoms with Crippen molar-refractivity contribution < 1.29 is 24.5 Å². The van der Waals surface area contributed by atoms with Gasteiger partial charge in [0.1, 0.15) is 6.10 Å². The Morgan fingerprint density at radius 2 is 2.08 bits per heavy atom. The van der Waals surface area contributed by atoms with Crippen molar-refractivity contribution in [3.63, 3.8) is 0 Å². The van der Waals surface area contributed by atoms with Crippen LogP contribution in [0.3, 0.4) is 0 Å². The first-order valence-corrected chi connectivity index (χ1v) is 9.48. The van der Waals surface area contributed by atoms with Gasteiger partial charge >= 0.3 is 5.97 Å². The van der Waals surface area contributed by atoms with Gasteiger partial charge in [-0.3, -0.25) is 9.59 Å². The van der Waals surface area contributed by atoms with Gasteiger partial charge in [0, 0.05) is 18.8 Å². The first kappa shape index (κ1) is 19.9. The number of rotatable bonds is 11. The molecule has 0 amide bonds. The molecule has 2 aliphatic rings. The predicted octanol–water partition coefficient (Wildman–Crippen LogP) is 3.41. The van der Waals surface area contributed by atoms with Gasteiger partial charge in [-0.2, -0.15) is 0 Å². The maximum atomic E-state index is 12.2. The summed E-state index contributed by atoms with van der Waals surface area (Å²) in [6.07, 6.45) is 12.3. The van der Waals surface area contributed by atoms with Crippen LogP contribution in [0.5, 0.6) is 0 Å². The van der Waals surface area contributed by atoms with Crippen molar-refractivity contribution in [1.82, 2.24) is 0 Å². The second-order valence-electron chi connectivity index (χ2n) is 7.05. The quantitative estimate of drug-likeness (QED) is 0.258. The maximum absolute atomic E-state index is 12.2. The zero-order valence-corrected chi connectivity index (χ0v) is 15.0. The number of epoxide rings is 1. The van der Waals surface area contributed by atoms with Crippen molar-refractivity contribution >= 4 is 11.8 Å². The molecule has 25 heavy (non-hydrogen) atoms. The Hall–Kier alpha value is -1.46. The molecule has 4 atom stereocenters. The number of carbonyl (C=O) groups excluding carboxylic acids is 1. The number of Topliss-reactive ketones (excluding diaryl/α,β-unsaturated/α-hetero) is 1. The Labute approximate surface area is 149 Å². The van der Waals surface area contributed by atoms with Gasteiger partial charge in [-0.15, -0.1) is 0 Å². The summed E-state index contributed by atoms with van der Waals surface area (Å²) >= 11 is 0. The second-order valence-corrected chi connectivity index (χ2v) is 7.05. The van der Waals surface area contributed by atoms with E-state index in [1.807, 2.05) is 6.08 Å². The monoisotopic (exact) mass is 350 g/mol. The maximum Gasteiger partial charge on any atom is 0.303 e. The number of ether oxygens (including phenoxy) is 1. The summed E-state index contributed by atoms with van der Waals surface area (Å²) < 4.78 is 5.54. The first-order chi connectivity index (χ1) is 12.0. The Balaban J connectivity index is 1.82. The van der Waals surface area contributed by atoms with E-state index in [1.54, 1.807) is 0 Å². The molecule has 2 N–H and O–H groups in total. The van der Waals surface area contributed by atoms with Crippen LogP contribution in [-0.4, -0.2) is 40.3 Å². The number of carboxylic acids is 1. The number of hydrogen-bond donors (Lipinski definition) is 2. The zero-order valence-electron chi connectivity index (χ0n) is 15.0. The van der Waals surface area contributed by atoms with E-state index in [-0.39, 0.29) is 36.8 Å². The van der Waals surface area contributed by atoms with E-state index < -0.39 is 12.1 Å². The molecule has 0 radical (unpaired) electrons. The molecular weight excluding hydrogens is 320 g/mol. The van der Waals surface area contributed by atoms with Crippen LogP contribution in [0.2, 0.25) is 0 Å². The van der Waals surface area contributed by atoms with Gasteiger partial charge in [0.25, 0.3) is 0 Å². The highest BCUT2D eigenvalue weighted by molar-refractivity contribution is 5.99. The third-order valence-corrected chi connectivity index (χ3v) is 4.96. The number of hydrogen-bond acceptors (Lipinski definition) is 4. The number of aliphatic carboxylic acids is 1. The van der Waals surface area contributed by atoms with E-state index in [9.17, 15) is 14.7 Å². The summed E-state index contributed by atoms with van der Waals surface area (Å²) in [6, 6.07) is 0. The van der Waals surface area contributed by atoms with E-state index in [0.29, 0.717) is 24.8 Å². The highest BCUT2D eigenvalue weighted by Crippen LogP contribution is 2.36. The van der Waals surface area contributed by atoms with Crippen molar-refractivity contribution in [3.8, 4) is 0 Å². The number of carbonyl (C=O) groups is 2. The Kier molecular flexibility index (Phi) is 7.85. The molecule has 0 aromatic rings. The van der Waals surface area contributed by atoms with Crippen molar-refractivity contribution in [2.24, 2.45) is 5.92 Å². The smallest absolute Gasteiger partial charge is 0.303 e. The lowest BCUT2D eigenvalue weighted by molar-refractivity contribution is -0.137. The number of allylic oxidation sites excluding steroid dienone is 2. The summed E-state index contributed by atoms with van der Waals surface area (Å²) in [5.74, 6) is -0.925. The van der Waals surface area contributed by atoms with Gasteiger partial charge in [0.15, 0.2) is 5.78 Å². The molecule has 2 rings (SSSR count). The number of unbranched alkanes of at least 4 members (excludes halogenated alkanes) is 3. The third kappa shape index (κ3) is 6.40. The Bertz CT molecular complexity index is 522. The van der Waals surface area contributed by atoms with Crippen molar-refractivity contribution in [2.45, 2.75) is 83.0 Å². The molecule has 140 valence electrons. The minimum Gasteiger partial charge on any atom is -0.481 e. The van der Waals surface area contributed by atoms with Crippen LogP contribution in [0.15, 0.2) is 23.8 Å². The van der Waals surface area contributed by atoms with Crippen LogP contribution in [0, 0.1) is 5.92 Å². The largest absolute Gasteiger partial charge is 0.481 e. The molecule has 1 saturated carbocycles. The molecule has 0 aromatic heterocycles. The highest BCUT2D eigenvalue weighted by atomic mass is 16.6. The molecular formula is C20H30O5. The van der Waals surface area contributed by atoms with Gasteiger partial charge < -0.3 is 14.9 Å². The third-order valence-electron chi connectivity index (χ3n) is 4.96. The number of ketones is 1. The van der Waals surface area contributed by atoms with Gasteiger partial charge in [0.2, 0.25) is 0 Å². The summed E-state index contributed by atoms with van der Waals surface area (Å²) in [5, 5.41) is 18.8. The Morgan fingerprint density at radius 1 is 1.28 bits per heavy atom. The van der Waals surface area contributed by atoms with Crippen molar-refractivity contribution in [2.75, 3.05) is 0 Å². The van der Waals surface area contributed by atoms with E-state index in [1.165, 1.54) is 19.3 Å². The van der Waals surface area contributed by atoms with Crippen LogP contribution >= 0.6 is 0 Å². The van der Waals surface area contributed by atoms with E-state index >= 15 is 0 Å². The molecule has 5 heteroatoms. The van der Waals surface area contributed by atoms with E-state index in [0.717, 1.165) is 6.42 Å². The fourth-order valence-corrected chi connectivity index (χ4v) is 3.40. The molecule has 1 aliphatic heterocycles. The van der Waals surface area contributed by atoms with Crippen LogP contribution < -0.4 is 0 Å². The molecule has 0 spiro atoms. The van der Waals surface area contributed by atoms with Gasteiger partial charge in [-0.05, 0) is 43.8 Å². The lowest BCUT2D eigenvalue weighted by atomic mass is 9.95. The van der Waals surface area contributed by atoms with E-state index in [4.69, 9.17) is 9.84 Å². The molecule has 0 aromatic carbocycles. The number of carboxylic acid groups (broad SMARTS) is 1. The van der Waals surface area contributed by atoms with Gasteiger partial charge in [-0.25, -0.2) is 0 Å². The van der Waals surface area contributed by atoms with Crippen molar-refractivity contribution in [3.05, 3.63) is 23.8 Å². The summed E-state index contributed by atoms with van der Waals surface area (Å²) in [5.41, 5.74) is 0.691. The molecule has 1 saturated heterocycles. The van der Waals surface area contributed by atoms with Gasteiger partial charge in [-0.1, -0.05) is 31.9 Å². The van der Waals surface area contributed by atoms with Crippen LogP contribution in [0.25, 0.3) is 0 Å². The fraction of sp³-hybridized carbons (Fsp3) is 0.700. The standard InChI is InChI=1S/C20H30O5/c1-2-3-4-5-6-7-9-14-15(17(22)13-16(14)21)12-19-18(25-19)10-8-11-20(23)24/h6-7,12,14,16,18-19,21H,2-5,8-11,13H2,1H3,(H,23,24)/b7-6-,15-12+/t14-,16-,18-,19+/m1/s1. The summed E-state index contributed by atoms with van der Waals surface area (Å²) in [4.78, 5) is 22.7.